The van der Waals surface area contributed by atoms with Gasteiger partial charge in [-0.15, -0.1) is 0 Å². The third kappa shape index (κ3) is 1.99. The van der Waals surface area contributed by atoms with Crippen molar-refractivity contribution in [3.05, 3.63) is 65.2 Å². The van der Waals surface area contributed by atoms with Gasteiger partial charge in [0, 0.05) is 36.8 Å². The summed E-state index contributed by atoms with van der Waals surface area (Å²) in [7, 11) is 0. The fourth-order valence-corrected chi connectivity index (χ4v) is 3.75. The molecule has 2 atom stereocenters. The number of carbonyl (C=O) groups excluding carboxylic acids is 1. The molecular weight excluding hydrogens is 274 g/mol. The second kappa shape index (κ2) is 5.14. The maximum Gasteiger partial charge on any atom is 0.242 e. The van der Waals surface area contributed by atoms with E-state index >= 15 is 0 Å². The highest BCUT2D eigenvalue weighted by atomic mass is 16.2. The first-order valence-corrected chi connectivity index (χ1v) is 7.70. The molecule has 2 aromatic rings. The molecule has 4 heteroatoms. The minimum Gasteiger partial charge on any atom is -0.398 e. The minimum atomic E-state index is -0.245. The molecule has 0 radical (unpaired) electrons. The number of nitrogens with one attached hydrogen (secondary N) is 1. The number of nitrogens with zero attached hydrogens (tertiary/aromatic N) is 1. The van der Waals surface area contributed by atoms with Crippen LogP contribution in [0.2, 0.25) is 0 Å². The van der Waals surface area contributed by atoms with E-state index in [1.165, 1.54) is 11.1 Å². The zero-order valence-electron chi connectivity index (χ0n) is 12.3. The number of piperazine rings is 1. The Morgan fingerprint density at radius 2 is 1.91 bits per heavy atom. The quantitative estimate of drug-likeness (QED) is 0.789. The Kier molecular flexibility index (Phi) is 3.12. The van der Waals surface area contributed by atoms with Crippen molar-refractivity contribution in [2.45, 2.75) is 12.0 Å². The van der Waals surface area contributed by atoms with Crippen molar-refractivity contribution in [1.82, 2.24) is 10.2 Å². The van der Waals surface area contributed by atoms with E-state index in [4.69, 9.17) is 5.73 Å². The Morgan fingerprint density at radius 1 is 1.09 bits per heavy atom. The van der Waals surface area contributed by atoms with Crippen LogP contribution in [-0.2, 0) is 4.79 Å². The molecule has 4 nitrogen and oxygen atoms in total. The van der Waals surface area contributed by atoms with E-state index in [-0.39, 0.29) is 17.9 Å². The van der Waals surface area contributed by atoms with Crippen molar-refractivity contribution in [3.63, 3.8) is 0 Å². The Morgan fingerprint density at radius 3 is 2.73 bits per heavy atom. The van der Waals surface area contributed by atoms with Crippen LogP contribution in [0.4, 0.5) is 5.69 Å². The van der Waals surface area contributed by atoms with Gasteiger partial charge in [0.05, 0.1) is 0 Å². The number of rotatable bonds is 1. The molecule has 2 aliphatic heterocycles. The zero-order valence-corrected chi connectivity index (χ0v) is 12.3. The van der Waals surface area contributed by atoms with Gasteiger partial charge in [-0.1, -0.05) is 42.5 Å². The molecule has 4 rings (SSSR count). The van der Waals surface area contributed by atoms with E-state index in [9.17, 15) is 4.79 Å². The number of hydrogen-bond acceptors (Lipinski definition) is 3. The van der Waals surface area contributed by atoms with Crippen LogP contribution in [0, 0.1) is 0 Å². The second-order valence-electron chi connectivity index (χ2n) is 6.00. The summed E-state index contributed by atoms with van der Waals surface area (Å²) >= 11 is 0. The van der Waals surface area contributed by atoms with Gasteiger partial charge in [0.2, 0.25) is 5.91 Å². The van der Waals surface area contributed by atoms with Crippen LogP contribution < -0.4 is 11.1 Å². The molecule has 0 bridgehead atoms. The van der Waals surface area contributed by atoms with Gasteiger partial charge in [-0.2, -0.15) is 0 Å². The molecule has 2 aromatic carbocycles. The number of nitrogens with two attached hydrogens (primary N) is 1. The molecule has 22 heavy (non-hydrogen) atoms. The van der Waals surface area contributed by atoms with Crippen molar-refractivity contribution in [3.8, 4) is 0 Å². The van der Waals surface area contributed by atoms with Gasteiger partial charge in [-0.25, -0.2) is 0 Å². The Balaban J connectivity index is 1.88. The van der Waals surface area contributed by atoms with Crippen LogP contribution in [0.25, 0.3) is 0 Å². The lowest BCUT2D eigenvalue weighted by molar-refractivity contribution is -0.129. The molecule has 0 saturated carbocycles. The fraction of sp³-hybridized carbons (Fsp3) is 0.278. The molecule has 0 spiro atoms. The Bertz CT molecular complexity index is 714. The van der Waals surface area contributed by atoms with E-state index in [2.05, 4.69) is 40.5 Å². The summed E-state index contributed by atoms with van der Waals surface area (Å²) in [6, 6.07) is 16.2. The van der Waals surface area contributed by atoms with Crippen LogP contribution in [0.3, 0.4) is 0 Å². The molecule has 2 aliphatic rings. The highest BCUT2D eigenvalue weighted by molar-refractivity contribution is 5.87. The van der Waals surface area contributed by atoms with Gasteiger partial charge in [-0.05, 0) is 17.2 Å². The molecular formula is C18H19N3O. The largest absolute Gasteiger partial charge is 0.398 e. The van der Waals surface area contributed by atoms with Gasteiger partial charge in [0.25, 0.3) is 0 Å². The molecule has 2 heterocycles. The lowest BCUT2D eigenvalue weighted by atomic mass is 9.80. The molecule has 1 fully saturated rings. The van der Waals surface area contributed by atoms with E-state index in [1.807, 2.05) is 18.2 Å². The maximum atomic E-state index is 12.4. The van der Waals surface area contributed by atoms with Crippen LogP contribution in [0.15, 0.2) is 48.5 Å². The first-order chi connectivity index (χ1) is 10.8. The third-order valence-corrected chi connectivity index (χ3v) is 4.75. The highest BCUT2D eigenvalue weighted by Crippen LogP contribution is 2.42. The van der Waals surface area contributed by atoms with E-state index in [0.29, 0.717) is 12.2 Å². The number of carbonyl (C=O) groups is 1. The van der Waals surface area contributed by atoms with Crippen molar-refractivity contribution in [2.75, 3.05) is 25.4 Å². The molecule has 1 amide bonds. The first-order valence-electron chi connectivity index (χ1n) is 7.70. The number of fused-ring (bicyclic) bond motifs is 3. The molecule has 0 aromatic heterocycles. The molecule has 112 valence electrons. The highest BCUT2D eigenvalue weighted by Gasteiger charge is 2.40. The topological polar surface area (TPSA) is 58.4 Å². The summed E-state index contributed by atoms with van der Waals surface area (Å²) in [5.74, 6) is 0.332. The summed E-state index contributed by atoms with van der Waals surface area (Å²) in [4.78, 5) is 14.6. The second-order valence-corrected chi connectivity index (χ2v) is 6.00. The smallest absolute Gasteiger partial charge is 0.242 e. The average molecular weight is 293 g/mol. The maximum absolute atomic E-state index is 12.4. The number of benzene rings is 2. The number of nitrogen functional groups attached to an aromatic ring is 1. The number of hydrogen-bond donors (Lipinski definition) is 2. The lowest BCUT2D eigenvalue weighted by Gasteiger charge is -2.43. The fourth-order valence-electron chi connectivity index (χ4n) is 3.75. The van der Waals surface area contributed by atoms with Crippen molar-refractivity contribution >= 4 is 11.6 Å². The summed E-state index contributed by atoms with van der Waals surface area (Å²) in [5.41, 5.74) is 10.4. The van der Waals surface area contributed by atoms with Gasteiger partial charge in [0.15, 0.2) is 0 Å². The summed E-state index contributed by atoms with van der Waals surface area (Å²) in [6.45, 7) is 2.44. The summed E-state index contributed by atoms with van der Waals surface area (Å²) < 4.78 is 0. The van der Waals surface area contributed by atoms with E-state index in [0.717, 1.165) is 18.7 Å². The van der Waals surface area contributed by atoms with Gasteiger partial charge >= 0.3 is 0 Å². The predicted molar refractivity (Wildman–Crippen MR) is 86.5 cm³/mol. The predicted octanol–water partition coefficient (Wildman–Crippen LogP) is 1.89. The first kappa shape index (κ1) is 13.3. The van der Waals surface area contributed by atoms with Crippen LogP contribution in [-0.4, -0.2) is 30.4 Å². The zero-order chi connectivity index (χ0) is 15.1. The molecule has 1 saturated heterocycles. The van der Waals surface area contributed by atoms with Crippen molar-refractivity contribution in [1.29, 1.82) is 0 Å². The average Bonchev–Trinajstić information content (AvgIpc) is 2.55. The standard InChI is InChI=1S/C18H19N3O/c19-15-8-4-7-13-14(12-5-2-1-3-6-12)11-21-10-9-20-18(22)17(21)16(13)15/h1-8,14,17H,9-11,19H2,(H,20,22)/t14-,17+/m1/s1. The Hall–Kier alpha value is -2.33. The molecule has 0 aliphatic carbocycles. The van der Waals surface area contributed by atoms with Crippen LogP contribution in [0.5, 0.6) is 0 Å². The van der Waals surface area contributed by atoms with Crippen LogP contribution >= 0.6 is 0 Å². The summed E-state index contributed by atoms with van der Waals surface area (Å²) in [5, 5.41) is 2.97. The SMILES string of the molecule is Nc1cccc2c1[C@H]1C(=O)NCCN1C[C@@H]2c1ccccc1. The van der Waals surface area contributed by atoms with Crippen molar-refractivity contribution < 1.29 is 4.79 Å². The molecule has 3 N–H and O–H groups in total. The van der Waals surface area contributed by atoms with Gasteiger partial charge < -0.3 is 11.1 Å². The van der Waals surface area contributed by atoms with Gasteiger partial charge in [0.1, 0.15) is 6.04 Å². The Labute approximate surface area is 129 Å². The summed E-state index contributed by atoms with van der Waals surface area (Å²) in [6.07, 6.45) is 0. The molecule has 0 unspecified atom stereocenters. The lowest BCUT2D eigenvalue weighted by Crippen LogP contribution is -2.53. The third-order valence-electron chi connectivity index (χ3n) is 4.75. The number of anilines is 1. The number of amides is 1. The van der Waals surface area contributed by atoms with Crippen molar-refractivity contribution in [2.24, 2.45) is 0 Å². The monoisotopic (exact) mass is 293 g/mol. The van der Waals surface area contributed by atoms with Gasteiger partial charge in [-0.3, -0.25) is 9.69 Å². The van der Waals surface area contributed by atoms with Crippen LogP contribution in [0.1, 0.15) is 28.7 Å². The normalized spacial score (nSPS) is 24.3. The minimum absolute atomic E-state index is 0.0666. The van der Waals surface area contributed by atoms with E-state index < -0.39 is 0 Å². The van der Waals surface area contributed by atoms with E-state index in [1.54, 1.807) is 0 Å².